The molecule has 2 rings (SSSR count). The highest BCUT2D eigenvalue weighted by Crippen LogP contribution is 2.33. The molecule has 4 nitrogen and oxygen atoms in total. The molecule has 0 radical (unpaired) electrons. The third-order valence-electron chi connectivity index (χ3n) is 2.66. The van der Waals surface area contributed by atoms with Crippen LogP contribution in [0.2, 0.25) is 0 Å². The summed E-state index contributed by atoms with van der Waals surface area (Å²) in [5, 5.41) is 2.85. The van der Waals surface area contributed by atoms with Crippen LogP contribution in [0.25, 0.3) is 0 Å². The minimum atomic E-state index is 0.0508. The van der Waals surface area contributed by atoms with E-state index >= 15 is 0 Å². The van der Waals surface area contributed by atoms with Crippen molar-refractivity contribution < 1.29 is 4.79 Å². The second-order valence-corrected chi connectivity index (χ2v) is 5.56. The smallest absolute Gasteiger partial charge is 0.228 e. The molecule has 3 N–H and O–H groups in total. The number of carbonyl (C=O) groups is 1. The van der Waals surface area contributed by atoms with Gasteiger partial charge in [0.25, 0.3) is 0 Å². The number of nitrogens with two attached hydrogens (primary N) is 1. The van der Waals surface area contributed by atoms with Gasteiger partial charge in [0.2, 0.25) is 5.91 Å². The van der Waals surface area contributed by atoms with Crippen molar-refractivity contribution in [3.63, 3.8) is 0 Å². The van der Waals surface area contributed by atoms with Crippen molar-refractivity contribution in [1.29, 1.82) is 0 Å². The van der Waals surface area contributed by atoms with Gasteiger partial charge in [0.05, 0.1) is 6.42 Å². The summed E-state index contributed by atoms with van der Waals surface area (Å²) in [4.78, 5) is 14.4. The summed E-state index contributed by atoms with van der Waals surface area (Å²) < 4.78 is 0. The number of benzene rings is 1. The van der Waals surface area contributed by atoms with Crippen LogP contribution in [0.5, 0.6) is 0 Å². The normalized spacial score (nSPS) is 13.9. The molecule has 1 aromatic carbocycles. The molecule has 0 spiro atoms. The molecule has 1 aliphatic heterocycles. The van der Waals surface area contributed by atoms with E-state index in [4.69, 9.17) is 5.73 Å². The maximum Gasteiger partial charge on any atom is 0.228 e. The average molecular weight is 251 g/mol. The summed E-state index contributed by atoms with van der Waals surface area (Å²) in [6.45, 7) is 1.01. The lowest BCUT2D eigenvalue weighted by atomic mass is 10.1. The second kappa shape index (κ2) is 4.98. The van der Waals surface area contributed by atoms with Crippen molar-refractivity contribution in [1.82, 2.24) is 4.90 Å². The lowest BCUT2D eigenvalue weighted by Gasteiger charge is -2.11. The lowest BCUT2D eigenvalue weighted by Crippen LogP contribution is -2.14. The zero-order valence-electron chi connectivity index (χ0n) is 10.1. The average Bonchev–Trinajstić information content (AvgIpc) is 2.57. The molecule has 92 valence electrons. The van der Waals surface area contributed by atoms with Crippen molar-refractivity contribution in [2.75, 3.05) is 37.4 Å². The number of hydrogen-bond donors (Lipinski definition) is 2. The van der Waals surface area contributed by atoms with Gasteiger partial charge in [-0.3, -0.25) is 4.79 Å². The fraction of sp³-hybridized carbons (Fsp3) is 0.417. The molecular weight excluding hydrogens is 234 g/mol. The third-order valence-corrected chi connectivity index (χ3v) is 3.71. The largest absolute Gasteiger partial charge is 0.398 e. The molecule has 0 unspecified atom stereocenters. The number of amides is 1. The van der Waals surface area contributed by atoms with E-state index in [0.29, 0.717) is 6.42 Å². The molecule has 0 saturated heterocycles. The SMILES string of the molecule is CN(C)CCSc1cc2c(cc1N)CC(=O)N2. The molecule has 5 heteroatoms. The molecule has 0 fully saturated rings. The van der Waals surface area contributed by atoms with Crippen LogP contribution in [-0.2, 0) is 11.2 Å². The molecule has 0 saturated carbocycles. The monoisotopic (exact) mass is 251 g/mol. The summed E-state index contributed by atoms with van der Waals surface area (Å²) in [5.41, 5.74) is 8.67. The van der Waals surface area contributed by atoms with Gasteiger partial charge in [-0.15, -0.1) is 11.8 Å². The minimum absolute atomic E-state index is 0.0508. The van der Waals surface area contributed by atoms with Gasteiger partial charge in [0.1, 0.15) is 0 Å². The summed E-state index contributed by atoms with van der Waals surface area (Å²) in [6, 6.07) is 3.89. The van der Waals surface area contributed by atoms with E-state index in [2.05, 4.69) is 10.2 Å². The highest BCUT2D eigenvalue weighted by Gasteiger charge is 2.19. The molecule has 0 aromatic heterocycles. The van der Waals surface area contributed by atoms with E-state index in [1.165, 1.54) is 0 Å². The summed E-state index contributed by atoms with van der Waals surface area (Å²) in [5.74, 6) is 1.04. The number of nitrogen functional groups attached to an aromatic ring is 1. The Labute approximate surface area is 106 Å². The molecular formula is C12H17N3OS. The Bertz CT molecular complexity index is 446. The van der Waals surface area contributed by atoms with Gasteiger partial charge in [0, 0.05) is 28.6 Å². The van der Waals surface area contributed by atoms with Gasteiger partial charge in [-0.25, -0.2) is 0 Å². The van der Waals surface area contributed by atoms with E-state index in [0.717, 1.165) is 34.1 Å². The van der Waals surface area contributed by atoms with Gasteiger partial charge >= 0.3 is 0 Å². The van der Waals surface area contributed by atoms with Crippen LogP contribution in [0, 0.1) is 0 Å². The van der Waals surface area contributed by atoms with Crippen molar-refractivity contribution >= 4 is 29.0 Å². The summed E-state index contributed by atoms with van der Waals surface area (Å²) >= 11 is 1.72. The summed E-state index contributed by atoms with van der Waals surface area (Å²) in [7, 11) is 4.10. The zero-order chi connectivity index (χ0) is 12.4. The minimum Gasteiger partial charge on any atom is -0.398 e. The topological polar surface area (TPSA) is 58.4 Å². The first kappa shape index (κ1) is 12.3. The number of thioether (sulfide) groups is 1. The quantitative estimate of drug-likeness (QED) is 0.627. The first-order valence-corrected chi connectivity index (χ1v) is 6.54. The second-order valence-electron chi connectivity index (χ2n) is 4.42. The van der Waals surface area contributed by atoms with Gasteiger partial charge < -0.3 is 16.0 Å². The zero-order valence-corrected chi connectivity index (χ0v) is 10.9. The van der Waals surface area contributed by atoms with E-state index in [1.54, 1.807) is 11.8 Å². The Morgan fingerprint density at radius 2 is 2.24 bits per heavy atom. The molecule has 0 aliphatic carbocycles. The van der Waals surface area contributed by atoms with Crippen LogP contribution in [-0.4, -0.2) is 37.2 Å². The predicted molar refractivity (Wildman–Crippen MR) is 72.5 cm³/mol. The lowest BCUT2D eigenvalue weighted by molar-refractivity contribution is -0.115. The van der Waals surface area contributed by atoms with Crippen LogP contribution in [0.4, 0.5) is 11.4 Å². The van der Waals surface area contributed by atoms with Gasteiger partial charge in [-0.1, -0.05) is 0 Å². The van der Waals surface area contributed by atoms with Crippen molar-refractivity contribution in [2.45, 2.75) is 11.3 Å². The van der Waals surface area contributed by atoms with E-state index < -0.39 is 0 Å². The maximum absolute atomic E-state index is 11.3. The van der Waals surface area contributed by atoms with Crippen molar-refractivity contribution in [3.8, 4) is 0 Å². The van der Waals surface area contributed by atoms with E-state index in [1.807, 2.05) is 26.2 Å². The predicted octanol–water partition coefficient (Wildman–Crippen LogP) is 1.42. The van der Waals surface area contributed by atoms with Crippen molar-refractivity contribution in [3.05, 3.63) is 17.7 Å². The maximum atomic E-state index is 11.3. The van der Waals surface area contributed by atoms with E-state index in [-0.39, 0.29) is 5.91 Å². The van der Waals surface area contributed by atoms with Gasteiger partial charge in [-0.05, 0) is 31.8 Å². The summed E-state index contributed by atoms with van der Waals surface area (Å²) in [6.07, 6.45) is 0.447. The molecule has 17 heavy (non-hydrogen) atoms. The standard InChI is InChI=1S/C12H17N3OS/c1-15(2)3-4-17-11-7-10-8(5-9(11)13)6-12(16)14-10/h5,7H,3-4,6,13H2,1-2H3,(H,14,16). The molecule has 0 bridgehead atoms. The fourth-order valence-electron chi connectivity index (χ4n) is 1.74. The van der Waals surface area contributed by atoms with E-state index in [9.17, 15) is 4.79 Å². The first-order chi connectivity index (χ1) is 8.06. The number of anilines is 2. The number of hydrogen-bond acceptors (Lipinski definition) is 4. The van der Waals surface area contributed by atoms with Crippen LogP contribution in [0.1, 0.15) is 5.56 Å². The van der Waals surface area contributed by atoms with Gasteiger partial charge in [0.15, 0.2) is 0 Å². The van der Waals surface area contributed by atoms with Crippen LogP contribution in [0.3, 0.4) is 0 Å². The first-order valence-electron chi connectivity index (χ1n) is 5.56. The number of nitrogens with zero attached hydrogens (tertiary/aromatic N) is 1. The van der Waals surface area contributed by atoms with Crippen molar-refractivity contribution in [2.24, 2.45) is 0 Å². The van der Waals surface area contributed by atoms with Crippen LogP contribution >= 0.6 is 11.8 Å². The Morgan fingerprint density at radius 3 is 2.94 bits per heavy atom. The fourth-order valence-corrected chi connectivity index (χ4v) is 2.84. The molecule has 1 aromatic rings. The molecule has 1 aliphatic rings. The van der Waals surface area contributed by atoms with Gasteiger partial charge in [-0.2, -0.15) is 0 Å². The Balaban J connectivity index is 2.08. The highest BCUT2D eigenvalue weighted by atomic mass is 32.2. The number of nitrogens with one attached hydrogen (secondary N) is 1. The molecule has 1 heterocycles. The highest BCUT2D eigenvalue weighted by molar-refractivity contribution is 7.99. The number of fused-ring (bicyclic) bond motifs is 1. The molecule has 0 atom stereocenters. The Kier molecular flexibility index (Phi) is 3.59. The van der Waals surface area contributed by atoms with Crippen LogP contribution < -0.4 is 11.1 Å². The number of carbonyl (C=O) groups excluding carboxylic acids is 1. The third kappa shape index (κ3) is 2.92. The molecule has 1 amide bonds. The number of rotatable bonds is 4. The Morgan fingerprint density at radius 1 is 1.47 bits per heavy atom. The Hall–Kier alpha value is -1.20. The van der Waals surface area contributed by atoms with Crippen LogP contribution in [0.15, 0.2) is 17.0 Å².